The molecule has 0 bridgehead atoms. The summed E-state index contributed by atoms with van der Waals surface area (Å²) in [5.74, 6) is -0.803. The number of nitrogens with one attached hydrogen (secondary N) is 1. The number of hydrogen-bond donors (Lipinski definition) is 1. The Labute approximate surface area is 88.4 Å². The molecule has 2 saturated carbocycles. The van der Waals surface area contributed by atoms with Crippen LogP contribution < -0.4 is 5.32 Å². The highest BCUT2D eigenvalue weighted by molar-refractivity contribution is 4.84. The minimum atomic E-state index is -3.97. The fourth-order valence-corrected chi connectivity index (χ4v) is 2.39. The van der Waals surface area contributed by atoms with Crippen molar-refractivity contribution in [2.75, 3.05) is 6.54 Å². The lowest BCUT2D eigenvalue weighted by Crippen LogP contribution is -2.33. The van der Waals surface area contributed by atoms with Crippen molar-refractivity contribution in [1.29, 1.82) is 0 Å². The maximum atomic E-state index is 12.5. The Balaban J connectivity index is 1.75. The minimum Gasteiger partial charge on any atom is -0.314 e. The van der Waals surface area contributed by atoms with Crippen LogP contribution in [0, 0.1) is 11.8 Å². The predicted octanol–water partition coefficient (Wildman–Crippen LogP) is 3.11. The maximum Gasteiger partial charge on any atom is 0.391 e. The molecule has 0 spiro atoms. The molecule has 0 heterocycles. The Hall–Kier alpha value is -0.250. The summed E-state index contributed by atoms with van der Waals surface area (Å²) >= 11 is 0. The fraction of sp³-hybridized carbons (Fsp3) is 1.00. The van der Waals surface area contributed by atoms with Crippen molar-refractivity contribution >= 4 is 0 Å². The van der Waals surface area contributed by atoms with Crippen LogP contribution in [0.2, 0.25) is 0 Å². The van der Waals surface area contributed by atoms with Crippen molar-refractivity contribution in [2.45, 2.75) is 50.7 Å². The summed E-state index contributed by atoms with van der Waals surface area (Å²) in [6, 6.07) is 0.608. The largest absolute Gasteiger partial charge is 0.391 e. The quantitative estimate of drug-likeness (QED) is 0.772. The Morgan fingerprint density at radius 3 is 2.40 bits per heavy atom. The normalized spacial score (nSPS) is 33.0. The second-order valence-electron chi connectivity index (χ2n) is 4.95. The molecule has 2 aliphatic carbocycles. The van der Waals surface area contributed by atoms with E-state index in [1.165, 1.54) is 12.8 Å². The monoisotopic (exact) mass is 221 g/mol. The molecular formula is C11H18F3N. The lowest BCUT2D eigenvalue weighted by molar-refractivity contribution is -0.185. The molecule has 15 heavy (non-hydrogen) atoms. The van der Waals surface area contributed by atoms with Crippen LogP contribution in [0.1, 0.15) is 38.5 Å². The first-order valence-electron chi connectivity index (χ1n) is 5.86. The standard InChI is InChI=1S/C11H18F3N/c12-11(13,14)9-3-1-2-8(6-9)7-15-10-4-5-10/h8-10,15H,1-7H2. The third kappa shape index (κ3) is 3.37. The van der Waals surface area contributed by atoms with Gasteiger partial charge in [-0.25, -0.2) is 0 Å². The molecular weight excluding hydrogens is 203 g/mol. The number of alkyl halides is 3. The molecule has 1 nitrogen and oxygen atoms in total. The summed E-state index contributed by atoms with van der Waals surface area (Å²) in [5.41, 5.74) is 0. The summed E-state index contributed by atoms with van der Waals surface area (Å²) < 4.78 is 37.5. The van der Waals surface area contributed by atoms with E-state index in [1.54, 1.807) is 0 Å². The molecule has 0 aromatic rings. The summed E-state index contributed by atoms with van der Waals surface area (Å²) in [6.07, 6.45) is 0.809. The molecule has 0 aliphatic heterocycles. The van der Waals surface area contributed by atoms with Gasteiger partial charge < -0.3 is 5.32 Å². The van der Waals surface area contributed by atoms with Gasteiger partial charge in [0.1, 0.15) is 0 Å². The Bertz CT molecular complexity index is 210. The molecule has 0 amide bonds. The highest BCUT2D eigenvalue weighted by Gasteiger charge is 2.42. The molecule has 88 valence electrons. The van der Waals surface area contributed by atoms with Crippen LogP contribution in [0.3, 0.4) is 0 Å². The van der Waals surface area contributed by atoms with Gasteiger partial charge in [-0.15, -0.1) is 0 Å². The van der Waals surface area contributed by atoms with E-state index in [9.17, 15) is 13.2 Å². The van der Waals surface area contributed by atoms with Crippen LogP contribution >= 0.6 is 0 Å². The summed E-state index contributed by atoms with van der Waals surface area (Å²) in [4.78, 5) is 0. The van der Waals surface area contributed by atoms with Gasteiger partial charge in [-0.1, -0.05) is 6.42 Å². The van der Waals surface area contributed by atoms with Crippen molar-refractivity contribution in [1.82, 2.24) is 5.32 Å². The van der Waals surface area contributed by atoms with E-state index in [0.29, 0.717) is 18.9 Å². The zero-order valence-electron chi connectivity index (χ0n) is 8.82. The first-order valence-corrected chi connectivity index (χ1v) is 5.86. The van der Waals surface area contributed by atoms with Crippen LogP contribution in [0.15, 0.2) is 0 Å². The molecule has 2 aliphatic rings. The van der Waals surface area contributed by atoms with E-state index in [2.05, 4.69) is 5.32 Å². The van der Waals surface area contributed by atoms with E-state index in [1.807, 2.05) is 0 Å². The predicted molar refractivity (Wildman–Crippen MR) is 52.5 cm³/mol. The molecule has 2 rings (SSSR count). The lowest BCUT2D eigenvalue weighted by atomic mass is 9.81. The van der Waals surface area contributed by atoms with Crippen LogP contribution in [0.25, 0.3) is 0 Å². The summed E-state index contributed by atoms with van der Waals surface area (Å²) in [5, 5.41) is 3.33. The van der Waals surface area contributed by atoms with Crippen molar-refractivity contribution in [3.8, 4) is 0 Å². The maximum absolute atomic E-state index is 12.5. The van der Waals surface area contributed by atoms with E-state index in [4.69, 9.17) is 0 Å². The highest BCUT2D eigenvalue weighted by Crippen LogP contribution is 2.39. The number of halogens is 3. The van der Waals surface area contributed by atoms with Crippen LogP contribution in [-0.4, -0.2) is 18.8 Å². The topological polar surface area (TPSA) is 12.0 Å². The molecule has 0 aromatic heterocycles. The average molecular weight is 221 g/mol. The SMILES string of the molecule is FC(F)(F)C1CCCC(CNC2CC2)C1. The zero-order valence-corrected chi connectivity index (χ0v) is 8.82. The van der Waals surface area contributed by atoms with E-state index >= 15 is 0 Å². The Morgan fingerprint density at radius 2 is 1.80 bits per heavy atom. The Kier molecular flexibility index (Phi) is 3.24. The molecule has 2 fully saturated rings. The van der Waals surface area contributed by atoms with Gasteiger partial charge in [0.15, 0.2) is 0 Å². The van der Waals surface area contributed by atoms with E-state index in [0.717, 1.165) is 19.4 Å². The summed E-state index contributed by atoms with van der Waals surface area (Å²) in [7, 11) is 0. The Morgan fingerprint density at radius 1 is 1.07 bits per heavy atom. The van der Waals surface area contributed by atoms with Gasteiger partial charge in [-0.05, 0) is 44.6 Å². The third-order valence-electron chi connectivity index (χ3n) is 3.52. The second kappa shape index (κ2) is 4.32. The molecule has 4 heteroatoms. The van der Waals surface area contributed by atoms with Crippen molar-refractivity contribution < 1.29 is 13.2 Å². The minimum absolute atomic E-state index is 0.242. The summed E-state index contributed by atoms with van der Waals surface area (Å²) in [6.45, 7) is 0.789. The van der Waals surface area contributed by atoms with Crippen molar-refractivity contribution in [3.05, 3.63) is 0 Å². The van der Waals surface area contributed by atoms with Gasteiger partial charge in [0.25, 0.3) is 0 Å². The first-order chi connectivity index (χ1) is 7.05. The van der Waals surface area contributed by atoms with Crippen molar-refractivity contribution in [3.63, 3.8) is 0 Å². The van der Waals surface area contributed by atoms with Crippen LogP contribution in [0.5, 0.6) is 0 Å². The van der Waals surface area contributed by atoms with Gasteiger partial charge in [0.05, 0.1) is 5.92 Å². The van der Waals surface area contributed by atoms with Crippen LogP contribution in [0.4, 0.5) is 13.2 Å². The van der Waals surface area contributed by atoms with Gasteiger partial charge in [0.2, 0.25) is 0 Å². The van der Waals surface area contributed by atoms with Gasteiger partial charge in [0, 0.05) is 6.04 Å². The second-order valence-corrected chi connectivity index (χ2v) is 4.95. The average Bonchev–Trinajstić information content (AvgIpc) is 2.97. The molecule has 0 saturated heterocycles. The molecule has 1 N–H and O–H groups in total. The van der Waals surface area contributed by atoms with Crippen LogP contribution in [-0.2, 0) is 0 Å². The fourth-order valence-electron chi connectivity index (χ4n) is 2.39. The lowest BCUT2D eigenvalue weighted by Gasteiger charge is -2.30. The van der Waals surface area contributed by atoms with Crippen molar-refractivity contribution in [2.24, 2.45) is 11.8 Å². The first kappa shape index (κ1) is 11.2. The zero-order chi connectivity index (χ0) is 10.9. The number of rotatable bonds is 3. The molecule has 2 unspecified atom stereocenters. The number of hydrogen-bond acceptors (Lipinski definition) is 1. The smallest absolute Gasteiger partial charge is 0.314 e. The molecule has 2 atom stereocenters. The van der Waals surface area contributed by atoms with E-state index < -0.39 is 12.1 Å². The van der Waals surface area contributed by atoms with E-state index in [-0.39, 0.29) is 5.92 Å². The third-order valence-corrected chi connectivity index (χ3v) is 3.52. The van der Waals surface area contributed by atoms with Gasteiger partial charge in [-0.3, -0.25) is 0 Å². The molecule has 0 radical (unpaired) electrons. The van der Waals surface area contributed by atoms with Gasteiger partial charge in [-0.2, -0.15) is 13.2 Å². The highest BCUT2D eigenvalue weighted by atomic mass is 19.4. The molecule has 0 aromatic carbocycles. The van der Waals surface area contributed by atoms with Gasteiger partial charge >= 0.3 is 6.18 Å².